The number of carbonyl (C=O) groups is 2. The van der Waals surface area contributed by atoms with Crippen molar-refractivity contribution in [2.24, 2.45) is 11.8 Å². The lowest BCUT2D eigenvalue weighted by Crippen LogP contribution is -2.49. The van der Waals surface area contributed by atoms with Crippen LogP contribution in [0.25, 0.3) is 0 Å². The summed E-state index contributed by atoms with van der Waals surface area (Å²) in [6.45, 7) is 2.84. The third-order valence-electron chi connectivity index (χ3n) is 3.88. The van der Waals surface area contributed by atoms with Gasteiger partial charge in [0.25, 0.3) is 0 Å². The molecule has 5 heteroatoms. The molecule has 1 saturated heterocycles. The Hall–Kier alpha value is -0.710. The topological polar surface area (TPSA) is 57.6 Å². The quantitative estimate of drug-likeness (QED) is 0.813. The summed E-state index contributed by atoms with van der Waals surface area (Å²) in [6, 6.07) is 0.257. The molecule has 0 aromatic rings. The van der Waals surface area contributed by atoms with Crippen LogP contribution in [0.2, 0.25) is 0 Å². The van der Waals surface area contributed by atoms with Gasteiger partial charge < -0.3 is 10.0 Å². The number of carboxylic acid groups (broad SMARTS) is 1. The second kappa shape index (κ2) is 5.29. The van der Waals surface area contributed by atoms with Crippen LogP contribution in [0.4, 0.5) is 0 Å². The van der Waals surface area contributed by atoms with Gasteiger partial charge in [0, 0.05) is 18.3 Å². The molecule has 3 unspecified atom stereocenters. The Labute approximate surface area is 106 Å². The van der Waals surface area contributed by atoms with Gasteiger partial charge in [-0.3, -0.25) is 9.59 Å². The maximum atomic E-state index is 12.3. The predicted octanol–water partition coefficient (Wildman–Crippen LogP) is 1.45. The highest BCUT2D eigenvalue weighted by atomic mass is 32.2. The first kappa shape index (κ1) is 12.7. The molecule has 2 fully saturated rings. The van der Waals surface area contributed by atoms with Crippen molar-refractivity contribution in [1.29, 1.82) is 0 Å². The molecule has 0 aromatic heterocycles. The van der Waals surface area contributed by atoms with E-state index in [0.29, 0.717) is 6.42 Å². The molecule has 1 heterocycles. The van der Waals surface area contributed by atoms with Gasteiger partial charge in [0.1, 0.15) is 0 Å². The average molecular weight is 257 g/mol. The van der Waals surface area contributed by atoms with Gasteiger partial charge in [-0.2, -0.15) is 11.8 Å². The maximum Gasteiger partial charge on any atom is 0.307 e. The van der Waals surface area contributed by atoms with Gasteiger partial charge in [-0.25, -0.2) is 0 Å². The van der Waals surface area contributed by atoms with E-state index in [1.54, 1.807) is 0 Å². The van der Waals surface area contributed by atoms with Crippen LogP contribution in [0.15, 0.2) is 0 Å². The Morgan fingerprint density at radius 2 is 1.88 bits per heavy atom. The first-order valence-electron chi connectivity index (χ1n) is 6.22. The summed E-state index contributed by atoms with van der Waals surface area (Å²) in [5, 5.41) is 9.00. The molecule has 2 aliphatic rings. The third-order valence-corrected chi connectivity index (χ3v) is 4.88. The highest BCUT2D eigenvalue weighted by molar-refractivity contribution is 7.99. The van der Waals surface area contributed by atoms with Gasteiger partial charge in [0.2, 0.25) is 5.91 Å². The summed E-state index contributed by atoms with van der Waals surface area (Å²) in [4.78, 5) is 25.2. The number of carbonyl (C=O) groups excluding carboxylic acids is 1. The summed E-state index contributed by atoms with van der Waals surface area (Å²) in [7, 11) is 0. The first-order chi connectivity index (χ1) is 8.11. The molecule has 0 aromatic carbocycles. The van der Waals surface area contributed by atoms with E-state index in [-0.39, 0.29) is 17.9 Å². The highest BCUT2D eigenvalue weighted by Gasteiger charge is 2.43. The third kappa shape index (κ3) is 2.59. The van der Waals surface area contributed by atoms with Crippen molar-refractivity contribution in [2.75, 3.05) is 18.1 Å². The van der Waals surface area contributed by atoms with Gasteiger partial charge in [0.05, 0.1) is 11.8 Å². The molecule has 1 amide bonds. The molecule has 1 saturated carbocycles. The van der Waals surface area contributed by atoms with Crippen LogP contribution in [-0.4, -0.2) is 46.0 Å². The molecule has 17 heavy (non-hydrogen) atoms. The fourth-order valence-electron chi connectivity index (χ4n) is 2.53. The van der Waals surface area contributed by atoms with Crippen molar-refractivity contribution < 1.29 is 14.7 Å². The van der Waals surface area contributed by atoms with E-state index in [1.165, 1.54) is 0 Å². The van der Waals surface area contributed by atoms with E-state index < -0.39 is 11.9 Å². The van der Waals surface area contributed by atoms with Crippen molar-refractivity contribution >= 4 is 23.6 Å². The van der Waals surface area contributed by atoms with Crippen molar-refractivity contribution in [1.82, 2.24) is 4.90 Å². The Balaban J connectivity index is 2.00. The van der Waals surface area contributed by atoms with Crippen LogP contribution in [0.1, 0.15) is 26.2 Å². The number of thioether (sulfide) groups is 1. The largest absolute Gasteiger partial charge is 0.481 e. The number of carboxylic acids is 1. The summed E-state index contributed by atoms with van der Waals surface area (Å²) in [6.07, 6.45) is 2.41. The Morgan fingerprint density at radius 1 is 1.18 bits per heavy atom. The number of amides is 1. The van der Waals surface area contributed by atoms with Crippen molar-refractivity contribution in [2.45, 2.75) is 32.2 Å². The molecular formula is C12H19NO3S. The summed E-state index contributed by atoms with van der Waals surface area (Å²) in [5.74, 6) is 0.618. The van der Waals surface area contributed by atoms with Gasteiger partial charge in [0.15, 0.2) is 0 Å². The van der Waals surface area contributed by atoms with Crippen LogP contribution in [-0.2, 0) is 9.59 Å². The van der Waals surface area contributed by atoms with Gasteiger partial charge >= 0.3 is 5.97 Å². The molecule has 96 valence electrons. The lowest BCUT2D eigenvalue weighted by atomic mass is 9.72. The highest BCUT2D eigenvalue weighted by Crippen LogP contribution is 2.36. The Bertz CT molecular complexity index is 321. The zero-order valence-corrected chi connectivity index (χ0v) is 10.9. The molecule has 1 aliphatic carbocycles. The molecule has 0 spiro atoms. The zero-order chi connectivity index (χ0) is 12.4. The number of hydrogen-bond acceptors (Lipinski definition) is 3. The average Bonchev–Trinajstić information content (AvgIpc) is 2.39. The van der Waals surface area contributed by atoms with Crippen molar-refractivity contribution in [3.8, 4) is 0 Å². The minimum absolute atomic E-state index is 0.0682. The van der Waals surface area contributed by atoms with E-state index in [0.717, 1.165) is 30.9 Å². The normalized spacial score (nSPS) is 33.7. The van der Waals surface area contributed by atoms with Crippen molar-refractivity contribution in [3.05, 3.63) is 0 Å². The van der Waals surface area contributed by atoms with E-state index in [1.807, 2.05) is 16.7 Å². The van der Waals surface area contributed by atoms with Crippen molar-refractivity contribution in [3.63, 3.8) is 0 Å². The number of nitrogens with zero attached hydrogens (tertiary/aromatic N) is 1. The van der Waals surface area contributed by atoms with Gasteiger partial charge in [-0.05, 0) is 31.9 Å². The molecule has 2 rings (SSSR count). The van der Waals surface area contributed by atoms with Crippen LogP contribution in [0, 0.1) is 11.8 Å². The standard InChI is InChI=1S/C12H19NO3S/c1-8-4-6-17-7-5-13(8)11(14)9-2-3-10(9)12(15)16/h8-10H,2-7H2,1H3,(H,15,16). The minimum Gasteiger partial charge on any atom is -0.481 e. The lowest BCUT2D eigenvalue weighted by molar-refractivity contribution is -0.157. The Kier molecular flexibility index (Phi) is 3.97. The molecule has 4 nitrogen and oxygen atoms in total. The van der Waals surface area contributed by atoms with Crippen LogP contribution < -0.4 is 0 Å². The number of rotatable bonds is 2. The van der Waals surface area contributed by atoms with Crippen LogP contribution in [0.5, 0.6) is 0 Å². The van der Waals surface area contributed by atoms with Gasteiger partial charge in [-0.1, -0.05) is 0 Å². The number of aliphatic carboxylic acids is 1. The summed E-state index contributed by atoms with van der Waals surface area (Å²) >= 11 is 1.87. The minimum atomic E-state index is -0.813. The lowest BCUT2D eigenvalue weighted by Gasteiger charge is -2.38. The second-order valence-corrected chi connectivity index (χ2v) is 6.14. The molecule has 3 atom stereocenters. The fraction of sp³-hybridized carbons (Fsp3) is 0.833. The first-order valence-corrected chi connectivity index (χ1v) is 7.37. The summed E-state index contributed by atoms with van der Waals surface area (Å²) in [5.41, 5.74) is 0. The molecule has 1 aliphatic heterocycles. The number of hydrogen-bond donors (Lipinski definition) is 1. The molecule has 0 bridgehead atoms. The van der Waals surface area contributed by atoms with E-state index in [4.69, 9.17) is 5.11 Å². The van der Waals surface area contributed by atoms with Crippen LogP contribution in [0.3, 0.4) is 0 Å². The zero-order valence-electron chi connectivity index (χ0n) is 10.1. The van der Waals surface area contributed by atoms with E-state index in [9.17, 15) is 9.59 Å². The van der Waals surface area contributed by atoms with Crippen LogP contribution >= 0.6 is 11.8 Å². The summed E-state index contributed by atoms with van der Waals surface area (Å²) < 4.78 is 0. The molecule has 0 radical (unpaired) electrons. The SMILES string of the molecule is CC1CCSCCN1C(=O)C1CCC1C(=O)O. The maximum absolute atomic E-state index is 12.3. The monoisotopic (exact) mass is 257 g/mol. The van der Waals surface area contributed by atoms with E-state index in [2.05, 4.69) is 6.92 Å². The van der Waals surface area contributed by atoms with E-state index >= 15 is 0 Å². The molecule has 1 N–H and O–H groups in total. The smallest absolute Gasteiger partial charge is 0.307 e. The predicted molar refractivity (Wildman–Crippen MR) is 67.0 cm³/mol. The van der Waals surface area contributed by atoms with Gasteiger partial charge in [-0.15, -0.1) is 0 Å². The second-order valence-electron chi connectivity index (χ2n) is 4.91. The molecular weight excluding hydrogens is 238 g/mol. The Morgan fingerprint density at radius 3 is 2.47 bits per heavy atom. The fourth-order valence-corrected chi connectivity index (χ4v) is 3.56.